The molecule has 1 amide bonds. The molecule has 0 saturated heterocycles. The van der Waals surface area contributed by atoms with Crippen LogP contribution in [0.3, 0.4) is 0 Å². The predicted molar refractivity (Wildman–Crippen MR) is 60.0 cm³/mol. The molecule has 0 aliphatic carbocycles. The van der Waals surface area contributed by atoms with E-state index in [1.165, 1.54) is 5.56 Å². The van der Waals surface area contributed by atoms with Crippen molar-refractivity contribution in [2.45, 2.75) is 26.4 Å². The Labute approximate surface area is 90.4 Å². The van der Waals surface area contributed by atoms with Crippen molar-refractivity contribution in [3.05, 3.63) is 29.8 Å². The Hall–Kier alpha value is -1.51. The van der Waals surface area contributed by atoms with Crippen molar-refractivity contribution < 1.29 is 9.53 Å². The highest BCUT2D eigenvalue weighted by atomic mass is 16.5. The highest BCUT2D eigenvalue weighted by Gasteiger charge is 2.11. The van der Waals surface area contributed by atoms with Crippen LogP contribution in [-0.2, 0) is 11.2 Å². The minimum Gasteiger partial charge on any atom is -0.481 e. The van der Waals surface area contributed by atoms with Gasteiger partial charge >= 0.3 is 0 Å². The predicted octanol–water partition coefficient (Wildman–Crippen LogP) is 1.76. The topological polar surface area (TPSA) is 38.3 Å². The zero-order valence-corrected chi connectivity index (χ0v) is 9.41. The van der Waals surface area contributed by atoms with Crippen LogP contribution in [0.15, 0.2) is 24.3 Å². The normalized spacial score (nSPS) is 11.9. The van der Waals surface area contributed by atoms with E-state index in [9.17, 15) is 4.79 Å². The van der Waals surface area contributed by atoms with Gasteiger partial charge in [-0.25, -0.2) is 0 Å². The molecule has 0 spiro atoms. The first kappa shape index (κ1) is 11.6. The SMILES string of the molecule is CCc1ccc(OC(C)C(=O)NC)cc1. The summed E-state index contributed by atoms with van der Waals surface area (Å²) >= 11 is 0. The van der Waals surface area contributed by atoms with Gasteiger partial charge in [0, 0.05) is 7.05 Å². The molecule has 0 aliphatic rings. The fraction of sp³-hybridized carbons (Fsp3) is 0.417. The summed E-state index contributed by atoms with van der Waals surface area (Å²) in [6, 6.07) is 7.79. The van der Waals surface area contributed by atoms with Gasteiger partial charge in [-0.05, 0) is 31.0 Å². The van der Waals surface area contributed by atoms with Gasteiger partial charge in [-0.3, -0.25) is 4.79 Å². The molecule has 0 aromatic heterocycles. The van der Waals surface area contributed by atoms with Gasteiger partial charge in [-0.15, -0.1) is 0 Å². The molecule has 0 heterocycles. The molecule has 82 valence electrons. The number of hydrogen-bond donors (Lipinski definition) is 1. The molecule has 1 aromatic carbocycles. The van der Waals surface area contributed by atoms with Gasteiger partial charge in [-0.2, -0.15) is 0 Å². The summed E-state index contributed by atoms with van der Waals surface area (Å²) in [5.74, 6) is 0.609. The van der Waals surface area contributed by atoms with Crippen molar-refractivity contribution in [3.8, 4) is 5.75 Å². The van der Waals surface area contributed by atoms with Gasteiger partial charge in [0.05, 0.1) is 0 Å². The van der Waals surface area contributed by atoms with Crippen LogP contribution in [0.2, 0.25) is 0 Å². The first-order valence-corrected chi connectivity index (χ1v) is 5.14. The van der Waals surface area contributed by atoms with Crippen LogP contribution in [-0.4, -0.2) is 19.1 Å². The maximum absolute atomic E-state index is 11.2. The van der Waals surface area contributed by atoms with Gasteiger partial charge in [0.15, 0.2) is 6.10 Å². The summed E-state index contributed by atoms with van der Waals surface area (Å²) in [6.07, 6.45) is 0.549. The van der Waals surface area contributed by atoms with Crippen LogP contribution in [0.4, 0.5) is 0 Å². The number of ether oxygens (including phenoxy) is 1. The van der Waals surface area contributed by atoms with Gasteiger partial charge in [-0.1, -0.05) is 19.1 Å². The van der Waals surface area contributed by atoms with Gasteiger partial charge in [0.1, 0.15) is 5.75 Å². The third-order valence-corrected chi connectivity index (χ3v) is 2.26. The first-order valence-electron chi connectivity index (χ1n) is 5.14. The van der Waals surface area contributed by atoms with E-state index < -0.39 is 6.10 Å². The van der Waals surface area contributed by atoms with E-state index in [0.29, 0.717) is 0 Å². The maximum atomic E-state index is 11.2. The number of nitrogens with one attached hydrogen (secondary N) is 1. The molecule has 1 unspecified atom stereocenters. The Balaban J connectivity index is 2.60. The lowest BCUT2D eigenvalue weighted by Gasteiger charge is -2.13. The summed E-state index contributed by atoms with van der Waals surface area (Å²) < 4.78 is 5.45. The third kappa shape index (κ3) is 3.27. The van der Waals surface area contributed by atoms with Crippen LogP contribution in [0.25, 0.3) is 0 Å². The molecular formula is C12H17NO2. The van der Waals surface area contributed by atoms with E-state index in [1.807, 2.05) is 24.3 Å². The minimum atomic E-state index is -0.456. The average Bonchev–Trinajstić information content (AvgIpc) is 2.29. The van der Waals surface area contributed by atoms with Crippen molar-refractivity contribution in [1.29, 1.82) is 0 Å². The Morgan fingerprint density at radius 3 is 2.47 bits per heavy atom. The number of benzene rings is 1. The molecule has 3 heteroatoms. The number of carbonyl (C=O) groups is 1. The maximum Gasteiger partial charge on any atom is 0.260 e. The standard InChI is InChI=1S/C12H17NO2/c1-4-10-5-7-11(8-6-10)15-9(2)12(14)13-3/h5-9H,4H2,1-3H3,(H,13,14). The second-order valence-electron chi connectivity index (χ2n) is 3.37. The fourth-order valence-electron chi connectivity index (χ4n) is 1.26. The fourth-order valence-corrected chi connectivity index (χ4v) is 1.26. The van der Waals surface area contributed by atoms with E-state index in [0.717, 1.165) is 12.2 Å². The van der Waals surface area contributed by atoms with Crippen molar-refractivity contribution >= 4 is 5.91 Å². The molecule has 1 rings (SSSR count). The van der Waals surface area contributed by atoms with E-state index >= 15 is 0 Å². The number of carbonyl (C=O) groups excluding carboxylic acids is 1. The third-order valence-electron chi connectivity index (χ3n) is 2.26. The summed E-state index contributed by atoms with van der Waals surface area (Å²) in [7, 11) is 1.60. The Kier molecular flexibility index (Phi) is 4.16. The Morgan fingerprint density at radius 1 is 1.40 bits per heavy atom. The van der Waals surface area contributed by atoms with Crippen LogP contribution in [0.1, 0.15) is 19.4 Å². The molecule has 0 fully saturated rings. The number of amides is 1. The molecule has 0 radical (unpaired) electrons. The molecule has 15 heavy (non-hydrogen) atoms. The van der Waals surface area contributed by atoms with Gasteiger partial charge in [0.2, 0.25) is 0 Å². The number of hydrogen-bond acceptors (Lipinski definition) is 2. The summed E-state index contributed by atoms with van der Waals surface area (Å²) in [5, 5.41) is 2.54. The molecule has 1 aromatic rings. The van der Waals surface area contributed by atoms with Gasteiger partial charge in [0.25, 0.3) is 5.91 Å². The largest absolute Gasteiger partial charge is 0.481 e. The molecule has 0 aliphatic heterocycles. The molecular weight excluding hydrogens is 190 g/mol. The first-order chi connectivity index (χ1) is 7.17. The Morgan fingerprint density at radius 2 is 2.00 bits per heavy atom. The number of aryl methyl sites for hydroxylation is 1. The van der Waals surface area contributed by atoms with Crippen molar-refractivity contribution in [2.24, 2.45) is 0 Å². The molecule has 0 saturated carbocycles. The van der Waals surface area contributed by atoms with Crippen molar-refractivity contribution in [3.63, 3.8) is 0 Å². The summed E-state index contributed by atoms with van der Waals surface area (Å²) in [6.45, 7) is 3.83. The monoisotopic (exact) mass is 207 g/mol. The number of likely N-dealkylation sites (N-methyl/N-ethyl adjacent to an activating group) is 1. The second kappa shape index (κ2) is 5.39. The highest BCUT2D eigenvalue weighted by Crippen LogP contribution is 2.14. The minimum absolute atomic E-state index is 0.116. The van der Waals surface area contributed by atoms with Crippen LogP contribution in [0, 0.1) is 0 Å². The lowest BCUT2D eigenvalue weighted by atomic mass is 10.2. The molecule has 1 atom stereocenters. The highest BCUT2D eigenvalue weighted by molar-refractivity contribution is 5.80. The lowest BCUT2D eigenvalue weighted by Crippen LogP contribution is -2.33. The van der Waals surface area contributed by atoms with Crippen molar-refractivity contribution in [1.82, 2.24) is 5.32 Å². The van der Waals surface area contributed by atoms with Crippen LogP contribution < -0.4 is 10.1 Å². The smallest absolute Gasteiger partial charge is 0.260 e. The van der Waals surface area contributed by atoms with E-state index in [-0.39, 0.29) is 5.91 Å². The molecule has 3 nitrogen and oxygen atoms in total. The zero-order valence-electron chi connectivity index (χ0n) is 9.41. The van der Waals surface area contributed by atoms with Gasteiger partial charge < -0.3 is 10.1 Å². The lowest BCUT2D eigenvalue weighted by molar-refractivity contribution is -0.126. The quantitative estimate of drug-likeness (QED) is 0.817. The van der Waals surface area contributed by atoms with Crippen LogP contribution in [0.5, 0.6) is 5.75 Å². The van der Waals surface area contributed by atoms with Crippen LogP contribution >= 0.6 is 0 Å². The molecule has 0 bridgehead atoms. The second-order valence-corrected chi connectivity index (χ2v) is 3.37. The molecule has 1 N–H and O–H groups in total. The summed E-state index contributed by atoms with van der Waals surface area (Å²) in [5.41, 5.74) is 1.26. The van der Waals surface area contributed by atoms with E-state index in [4.69, 9.17) is 4.74 Å². The number of rotatable bonds is 4. The zero-order chi connectivity index (χ0) is 11.3. The average molecular weight is 207 g/mol. The Bertz CT molecular complexity index is 319. The van der Waals surface area contributed by atoms with E-state index in [2.05, 4.69) is 12.2 Å². The van der Waals surface area contributed by atoms with Crippen molar-refractivity contribution in [2.75, 3.05) is 7.05 Å². The summed E-state index contributed by atoms with van der Waals surface area (Å²) in [4.78, 5) is 11.2. The van der Waals surface area contributed by atoms with E-state index in [1.54, 1.807) is 14.0 Å².